The van der Waals surface area contributed by atoms with Crippen LogP contribution in [0.25, 0.3) is 0 Å². The smallest absolute Gasteiger partial charge is 0.269 e. The van der Waals surface area contributed by atoms with Gasteiger partial charge in [0.2, 0.25) is 11.8 Å². The van der Waals surface area contributed by atoms with Crippen molar-refractivity contribution >= 4 is 27.7 Å². The molecule has 2 aromatic rings. The molecule has 1 heterocycles. The van der Waals surface area contributed by atoms with Crippen molar-refractivity contribution in [1.29, 1.82) is 0 Å². The van der Waals surface area contributed by atoms with Gasteiger partial charge in [0.15, 0.2) is 0 Å². The fourth-order valence-corrected chi connectivity index (χ4v) is 5.68. The molecule has 0 radical (unpaired) electrons. The van der Waals surface area contributed by atoms with Gasteiger partial charge >= 0.3 is 0 Å². The monoisotopic (exact) mass is 499 g/mol. The molecular weight excluding hydrogens is 466 g/mol. The fourth-order valence-electron chi connectivity index (χ4n) is 4.11. The molecule has 0 aromatic heterocycles. The van der Waals surface area contributed by atoms with E-state index < -0.39 is 22.0 Å². The van der Waals surface area contributed by atoms with Crippen molar-refractivity contribution in [3.05, 3.63) is 65.7 Å². The molecular formula is C26H33N3O5S. The molecule has 0 bridgehead atoms. The van der Waals surface area contributed by atoms with Crippen molar-refractivity contribution in [1.82, 2.24) is 14.5 Å². The molecule has 1 aliphatic heterocycles. The summed E-state index contributed by atoms with van der Waals surface area (Å²) in [6, 6.07) is 15.0. The average Bonchev–Trinajstić information content (AvgIpc) is 3.04. The average molecular weight is 500 g/mol. The Kier molecular flexibility index (Phi) is 8.67. The second kappa shape index (κ2) is 11.5. The molecule has 3 amide bonds. The third kappa shape index (κ3) is 6.08. The number of sulfonamides is 1. The molecule has 35 heavy (non-hydrogen) atoms. The Hall–Kier alpha value is -3.20. The minimum atomic E-state index is -4.00. The number of nitrogens with zero attached hydrogens (tertiary/aromatic N) is 2. The van der Waals surface area contributed by atoms with Crippen molar-refractivity contribution in [3.8, 4) is 0 Å². The zero-order valence-corrected chi connectivity index (χ0v) is 21.3. The number of carbonyl (C=O) groups is 3. The van der Waals surface area contributed by atoms with Crippen LogP contribution in [-0.2, 0) is 26.0 Å². The van der Waals surface area contributed by atoms with E-state index in [4.69, 9.17) is 0 Å². The highest BCUT2D eigenvalue weighted by Crippen LogP contribution is 2.30. The van der Waals surface area contributed by atoms with Crippen molar-refractivity contribution < 1.29 is 22.8 Å². The van der Waals surface area contributed by atoms with Crippen LogP contribution in [0, 0.1) is 5.92 Å². The Morgan fingerprint density at radius 2 is 1.69 bits per heavy atom. The lowest BCUT2D eigenvalue weighted by atomic mass is 10.1. The summed E-state index contributed by atoms with van der Waals surface area (Å²) in [7, 11) is -4.00. The molecule has 1 N–H and O–H groups in total. The Morgan fingerprint density at radius 3 is 2.31 bits per heavy atom. The van der Waals surface area contributed by atoms with E-state index in [0.717, 1.165) is 9.87 Å². The highest BCUT2D eigenvalue weighted by atomic mass is 32.2. The van der Waals surface area contributed by atoms with E-state index in [1.807, 2.05) is 51.1 Å². The number of rotatable bonds is 11. The van der Waals surface area contributed by atoms with Gasteiger partial charge in [0.05, 0.1) is 5.56 Å². The summed E-state index contributed by atoms with van der Waals surface area (Å²) in [4.78, 5) is 40.5. The highest BCUT2D eigenvalue weighted by molar-refractivity contribution is 7.90. The number of hydrogen-bond donors (Lipinski definition) is 1. The topological polar surface area (TPSA) is 104 Å². The molecule has 0 fully saturated rings. The zero-order chi connectivity index (χ0) is 25.6. The van der Waals surface area contributed by atoms with Gasteiger partial charge in [-0.05, 0) is 36.5 Å². The largest absolute Gasteiger partial charge is 0.354 e. The van der Waals surface area contributed by atoms with E-state index in [-0.39, 0.29) is 41.2 Å². The van der Waals surface area contributed by atoms with Crippen LogP contribution in [0.2, 0.25) is 0 Å². The molecule has 0 saturated heterocycles. The summed E-state index contributed by atoms with van der Waals surface area (Å²) in [6.07, 6.45) is 0.755. The lowest BCUT2D eigenvalue weighted by molar-refractivity contribution is -0.140. The molecule has 9 heteroatoms. The van der Waals surface area contributed by atoms with Gasteiger partial charge in [0, 0.05) is 26.1 Å². The van der Waals surface area contributed by atoms with Gasteiger partial charge < -0.3 is 10.2 Å². The first-order chi connectivity index (χ1) is 16.7. The Balaban J connectivity index is 1.76. The third-order valence-corrected chi connectivity index (χ3v) is 7.84. The maximum absolute atomic E-state index is 13.4. The Morgan fingerprint density at radius 1 is 1.03 bits per heavy atom. The highest BCUT2D eigenvalue weighted by Gasteiger charge is 2.41. The van der Waals surface area contributed by atoms with E-state index in [1.54, 1.807) is 12.1 Å². The summed E-state index contributed by atoms with van der Waals surface area (Å²) in [5, 5.41) is 2.90. The first-order valence-electron chi connectivity index (χ1n) is 11.9. The summed E-state index contributed by atoms with van der Waals surface area (Å²) < 4.78 is 26.5. The molecule has 0 aliphatic carbocycles. The van der Waals surface area contributed by atoms with Gasteiger partial charge in [-0.1, -0.05) is 63.2 Å². The number of carbonyl (C=O) groups excluding carboxylic acids is 3. The van der Waals surface area contributed by atoms with Crippen LogP contribution < -0.4 is 5.32 Å². The van der Waals surface area contributed by atoms with E-state index in [2.05, 4.69) is 5.32 Å². The maximum atomic E-state index is 13.4. The van der Waals surface area contributed by atoms with E-state index >= 15 is 0 Å². The second-order valence-corrected chi connectivity index (χ2v) is 10.8. The molecule has 1 unspecified atom stereocenters. The third-order valence-electron chi connectivity index (χ3n) is 6.00. The standard InChI is InChI=1S/C26H33N3O5S/c1-4-22(25(31)27-18-19(2)3)28(16-14-20-10-6-5-7-11-20)24(30)15-17-29-26(32)21-12-8-9-13-23(21)35(29,33)34/h5-13,19,22H,4,14-18H2,1-3H3,(H,27,31). The summed E-state index contributed by atoms with van der Waals surface area (Å²) in [6.45, 7) is 6.34. The van der Waals surface area contributed by atoms with Gasteiger partial charge in [-0.15, -0.1) is 0 Å². The van der Waals surface area contributed by atoms with Crippen LogP contribution in [0.4, 0.5) is 0 Å². The SMILES string of the molecule is CCC(C(=O)NCC(C)C)N(CCc1ccccc1)C(=O)CCN1C(=O)c2ccccc2S1(=O)=O. The molecule has 0 saturated carbocycles. The second-order valence-electron chi connectivity index (χ2n) is 9.01. The molecule has 8 nitrogen and oxygen atoms in total. The van der Waals surface area contributed by atoms with Crippen LogP contribution in [0.15, 0.2) is 59.5 Å². The van der Waals surface area contributed by atoms with E-state index in [1.165, 1.54) is 17.0 Å². The van der Waals surface area contributed by atoms with Crippen molar-refractivity contribution in [2.45, 2.75) is 51.0 Å². The number of hydrogen-bond acceptors (Lipinski definition) is 5. The quantitative estimate of drug-likeness (QED) is 0.512. The van der Waals surface area contributed by atoms with Crippen molar-refractivity contribution in [2.24, 2.45) is 5.92 Å². The van der Waals surface area contributed by atoms with E-state index in [9.17, 15) is 22.8 Å². The van der Waals surface area contributed by atoms with Gasteiger partial charge in [-0.3, -0.25) is 14.4 Å². The lowest BCUT2D eigenvalue weighted by Crippen LogP contribution is -2.51. The van der Waals surface area contributed by atoms with Crippen LogP contribution in [0.5, 0.6) is 0 Å². The van der Waals surface area contributed by atoms with Crippen LogP contribution >= 0.6 is 0 Å². The van der Waals surface area contributed by atoms with Gasteiger partial charge in [0.1, 0.15) is 10.9 Å². The summed E-state index contributed by atoms with van der Waals surface area (Å²) >= 11 is 0. The zero-order valence-electron chi connectivity index (χ0n) is 20.4. The minimum Gasteiger partial charge on any atom is -0.354 e. The summed E-state index contributed by atoms with van der Waals surface area (Å²) in [5.74, 6) is -0.977. The molecule has 1 atom stereocenters. The minimum absolute atomic E-state index is 0.0436. The molecule has 188 valence electrons. The first kappa shape index (κ1) is 26.4. The normalized spacial score (nSPS) is 15.1. The lowest BCUT2D eigenvalue weighted by Gasteiger charge is -2.31. The number of fused-ring (bicyclic) bond motifs is 1. The molecule has 3 rings (SSSR count). The predicted octanol–water partition coefficient (Wildman–Crippen LogP) is 2.84. The molecule has 0 spiro atoms. The van der Waals surface area contributed by atoms with Crippen LogP contribution in [0.1, 0.15) is 49.5 Å². The van der Waals surface area contributed by atoms with Crippen molar-refractivity contribution in [3.63, 3.8) is 0 Å². The van der Waals surface area contributed by atoms with Crippen molar-refractivity contribution in [2.75, 3.05) is 19.6 Å². The van der Waals surface area contributed by atoms with Gasteiger partial charge in [-0.2, -0.15) is 0 Å². The van der Waals surface area contributed by atoms with Gasteiger partial charge in [0.25, 0.3) is 15.9 Å². The fraction of sp³-hybridized carbons (Fsp3) is 0.423. The number of amides is 3. The van der Waals surface area contributed by atoms with Crippen LogP contribution in [0.3, 0.4) is 0 Å². The van der Waals surface area contributed by atoms with Gasteiger partial charge in [-0.25, -0.2) is 12.7 Å². The number of nitrogens with one attached hydrogen (secondary N) is 1. The number of benzene rings is 2. The first-order valence-corrected chi connectivity index (χ1v) is 13.4. The Bertz CT molecular complexity index is 1160. The maximum Gasteiger partial charge on any atom is 0.269 e. The Labute approximate surface area is 207 Å². The summed E-state index contributed by atoms with van der Waals surface area (Å²) in [5.41, 5.74) is 1.14. The van der Waals surface area contributed by atoms with E-state index in [0.29, 0.717) is 25.9 Å². The van der Waals surface area contributed by atoms with Crippen LogP contribution in [-0.4, -0.2) is 61.0 Å². The molecule has 2 aromatic carbocycles. The molecule has 1 aliphatic rings. The predicted molar refractivity (Wildman–Crippen MR) is 133 cm³/mol.